The Hall–Kier alpha value is -0.850. The van der Waals surface area contributed by atoms with E-state index in [9.17, 15) is 0 Å². The van der Waals surface area contributed by atoms with Crippen LogP contribution in [-0.4, -0.2) is 34.5 Å². The van der Waals surface area contributed by atoms with Crippen molar-refractivity contribution in [3.05, 3.63) is 16.9 Å². The predicted molar refractivity (Wildman–Crippen MR) is 57.9 cm³/mol. The predicted octanol–water partition coefficient (Wildman–Crippen LogP) is 0.191. The van der Waals surface area contributed by atoms with Crippen LogP contribution < -0.4 is 11.1 Å². The number of nitrogens with two attached hydrogens (primary N) is 1. The first-order valence-electron chi connectivity index (χ1n) is 4.06. The molecule has 5 nitrogen and oxygen atoms in total. The van der Waals surface area contributed by atoms with E-state index >= 15 is 0 Å². The fourth-order valence-corrected chi connectivity index (χ4v) is 1.42. The molecule has 0 atom stereocenters. The summed E-state index contributed by atoms with van der Waals surface area (Å²) in [7, 11) is 0. The summed E-state index contributed by atoms with van der Waals surface area (Å²) in [4.78, 5) is 3.87. The third kappa shape index (κ3) is 2.57. The normalized spacial score (nSPS) is 10.6. The van der Waals surface area contributed by atoms with Gasteiger partial charge in [0.2, 0.25) is 0 Å². The number of nitrogen functional groups attached to an aromatic ring is 1. The van der Waals surface area contributed by atoms with E-state index in [4.69, 9.17) is 15.9 Å². The zero-order valence-electron chi connectivity index (χ0n) is 7.44. The fraction of sp³-hybridized carbons (Fsp3) is 0.375. The largest absolute Gasteiger partial charge is 0.396 e. The van der Waals surface area contributed by atoms with Crippen LogP contribution in [0.15, 0.2) is 16.9 Å². The number of aromatic nitrogens is 1. The Kier molecular flexibility index (Phi) is 4.12. The van der Waals surface area contributed by atoms with Crippen molar-refractivity contribution >= 4 is 27.3 Å². The molecule has 1 aromatic heterocycles. The number of anilines is 2. The van der Waals surface area contributed by atoms with Gasteiger partial charge < -0.3 is 21.3 Å². The van der Waals surface area contributed by atoms with Gasteiger partial charge in [-0.25, -0.2) is 0 Å². The summed E-state index contributed by atoms with van der Waals surface area (Å²) in [5.74, 6) is 0. The number of aliphatic hydroxyl groups is 2. The lowest BCUT2D eigenvalue weighted by Crippen LogP contribution is -2.28. The quantitative estimate of drug-likeness (QED) is 0.621. The molecule has 0 saturated carbocycles. The molecule has 0 saturated heterocycles. The molecule has 0 spiro atoms. The average Bonchev–Trinajstić information content (AvgIpc) is 2.18. The second kappa shape index (κ2) is 5.14. The lowest BCUT2D eigenvalue weighted by atomic mass is 10.3. The summed E-state index contributed by atoms with van der Waals surface area (Å²) in [5, 5.41) is 20.7. The van der Waals surface area contributed by atoms with Crippen molar-refractivity contribution in [1.29, 1.82) is 0 Å². The number of rotatable bonds is 4. The summed E-state index contributed by atoms with van der Waals surface area (Å²) < 4.78 is 0.699. The van der Waals surface area contributed by atoms with E-state index < -0.39 is 6.04 Å². The van der Waals surface area contributed by atoms with Crippen molar-refractivity contribution in [2.45, 2.75) is 6.04 Å². The highest BCUT2D eigenvalue weighted by molar-refractivity contribution is 9.10. The molecule has 0 aliphatic heterocycles. The molecule has 1 rings (SSSR count). The summed E-state index contributed by atoms with van der Waals surface area (Å²) in [6, 6.07) is -0.420. The van der Waals surface area contributed by atoms with Crippen molar-refractivity contribution in [3.8, 4) is 0 Å². The molecule has 0 aliphatic rings. The molecule has 6 heteroatoms. The summed E-state index contributed by atoms with van der Waals surface area (Å²) in [6.45, 7) is -0.324. The number of halogens is 1. The van der Waals surface area contributed by atoms with Gasteiger partial charge in [-0.05, 0) is 15.9 Å². The maximum Gasteiger partial charge on any atom is 0.0753 e. The molecule has 0 radical (unpaired) electrons. The highest BCUT2D eigenvalue weighted by atomic mass is 79.9. The molecule has 5 N–H and O–H groups in total. The van der Waals surface area contributed by atoms with Crippen molar-refractivity contribution < 1.29 is 10.2 Å². The van der Waals surface area contributed by atoms with Gasteiger partial charge in [-0.2, -0.15) is 0 Å². The van der Waals surface area contributed by atoms with Gasteiger partial charge >= 0.3 is 0 Å². The lowest BCUT2D eigenvalue weighted by molar-refractivity contribution is 0.204. The summed E-state index contributed by atoms with van der Waals surface area (Å²) in [5.41, 5.74) is 6.76. The standard InChI is InChI=1S/C8H12BrN3O2/c9-6-1-11-2-7(10)8(6)12-5(3-13)4-14/h1-2,5,13-14H,3-4,10H2,(H,11,12). The highest BCUT2D eigenvalue weighted by Gasteiger charge is 2.10. The van der Waals surface area contributed by atoms with Gasteiger partial charge in [0.15, 0.2) is 0 Å². The topological polar surface area (TPSA) is 91.4 Å². The van der Waals surface area contributed by atoms with Gasteiger partial charge in [0, 0.05) is 6.20 Å². The second-order valence-corrected chi connectivity index (χ2v) is 3.65. The first kappa shape index (κ1) is 11.2. The summed E-state index contributed by atoms with van der Waals surface area (Å²) >= 11 is 3.27. The third-order valence-corrected chi connectivity index (χ3v) is 2.32. The highest BCUT2D eigenvalue weighted by Crippen LogP contribution is 2.27. The zero-order valence-corrected chi connectivity index (χ0v) is 9.03. The van der Waals surface area contributed by atoms with Crippen LogP contribution in [0.4, 0.5) is 11.4 Å². The van der Waals surface area contributed by atoms with E-state index in [1.807, 2.05) is 0 Å². The molecular weight excluding hydrogens is 250 g/mol. The minimum absolute atomic E-state index is 0.162. The fourth-order valence-electron chi connectivity index (χ4n) is 0.955. The molecule has 0 unspecified atom stereocenters. The van der Waals surface area contributed by atoms with E-state index in [0.29, 0.717) is 15.8 Å². The molecule has 0 fully saturated rings. The minimum atomic E-state index is -0.420. The van der Waals surface area contributed by atoms with Crippen LogP contribution >= 0.6 is 15.9 Å². The number of hydrogen-bond donors (Lipinski definition) is 4. The van der Waals surface area contributed by atoms with Crippen LogP contribution in [-0.2, 0) is 0 Å². The Bertz CT molecular complexity index is 284. The monoisotopic (exact) mass is 261 g/mol. The van der Waals surface area contributed by atoms with Crippen LogP contribution in [0, 0.1) is 0 Å². The molecule has 1 aromatic rings. The van der Waals surface area contributed by atoms with Crippen molar-refractivity contribution in [1.82, 2.24) is 4.98 Å². The molecule has 0 bridgehead atoms. The first-order valence-corrected chi connectivity index (χ1v) is 4.85. The average molecular weight is 262 g/mol. The molecule has 1 heterocycles. The van der Waals surface area contributed by atoms with Gasteiger partial charge in [-0.15, -0.1) is 0 Å². The third-order valence-electron chi connectivity index (χ3n) is 1.72. The number of nitrogens with zero attached hydrogens (tertiary/aromatic N) is 1. The Morgan fingerprint density at radius 3 is 2.57 bits per heavy atom. The Labute approximate surface area is 90.1 Å². The molecular formula is C8H12BrN3O2. The molecule has 78 valence electrons. The van der Waals surface area contributed by atoms with Crippen LogP contribution in [0.5, 0.6) is 0 Å². The number of nitrogens with one attached hydrogen (secondary N) is 1. The van der Waals surface area contributed by atoms with E-state index in [1.54, 1.807) is 6.20 Å². The lowest BCUT2D eigenvalue weighted by Gasteiger charge is -2.17. The first-order chi connectivity index (χ1) is 6.69. The molecule has 0 aliphatic carbocycles. The van der Waals surface area contributed by atoms with Crippen LogP contribution in [0.1, 0.15) is 0 Å². The molecule has 0 aromatic carbocycles. The van der Waals surface area contributed by atoms with Crippen molar-refractivity contribution in [3.63, 3.8) is 0 Å². The maximum absolute atomic E-state index is 8.87. The van der Waals surface area contributed by atoms with E-state index in [2.05, 4.69) is 26.2 Å². The SMILES string of the molecule is Nc1cncc(Br)c1NC(CO)CO. The van der Waals surface area contributed by atoms with E-state index in [-0.39, 0.29) is 13.2 Å². The van der Waals surface area contributed by atoms with Crippen LogP contribution in [0.2, 0.25) is 0 Å². The number of pyridine rings is 1. The van der Waals surface area contributed by atoms with Gasteiger partial charge in [0.05, 0.1) is 41.3 Å². The smallest absolute Gasteiger partial charge is 0.0753 e. The van der Waals surface area contributed by atoms with Crippen molar-refractivity contribution in [2.75, 3.05) is 24.3 Å². The molecule has 14 heavy (non-hydrogen) atoms. The van der Waals surface area contributed by atoms with Crippen LogP contribution in [0.3, 0.4) is 0 Å². The number of hydrogen-bond acceptors (Lipinski definition) is 5. The maximum atomic E-state index is 8.87. The molecule has 0 amide bonds. The zero-order chi connectivity index (χ0) is 10.6. The summed E-state index contributed by atoms with van der Waals surface area (Å²) in [6.07, 6.45) is 3.09. The van der Waals surface area contributed by atoms with Gasteiger partial charge in [-0.3, -0.25) is 4.98 Å². The van der Waals surface area contributed by atoms with Gasteiger partial charge in [0.1, 0.15) is 0 Å². The second-order valence-electron chi connectivity index (χ2n) is 2.79. The van der Waals surface area contributed by atoms with E-state index in [1.165, 1.54) is 6.20 Å². The van der Waals surface area contributed by atoms with Gasteiger partial charge in [-0.1, -0.05) is 0 Å². The Balaban J connectivity index is 2.84. The Morgan fingerprint density at radius 1 is 1.43 bits per heavy atom. The van der Waals surface area contributed by atoms with Crippen LogP contribution in [0.25, 0.3) is 0 Å². The number of aliphatic hydroxyl groups excluding tert-OH is 2. The minimum Gasteiger partial charge on any atom is -0.396 e. The van der Waals surface area contributed by atoms with E-state index in [0.717, 1.165) is 0 Å². The Morgan fingerprint density at radius 2 is 2.07 bits per heavy atom. The van der Waals surface area contributed by atoms with Gasteiger partial charge in [0.25, 0.3) is 0 Å². The van der Waals surface area contributed by atoms with Crippen molar-refractivity contribution in [2.24, 2.45) is 0 Å².